The molecular formula is C13H17N. The smallest absolute Gasteiger partial charge is 0.0303 e. The summed E-state index contributed by atoms with van der Waals surface area (Å²) in [5, 5.41) is 0. The van der Waals surface area contributed by atoms with Gasteiger partial charge in [-0.2, -0.15) is 0 Å². The number of hydrogen-bond donors (Lipinski definition) is 1. The van der Waals surface area contributed by atoms with E-state index in [1.54, 1.807) is 0 Å². The number of benzene rings is 1. The monoisotopic (exact) mass is 187 g/mol. The van der Waals surface area contributed by atoms with E-state index in [-0.39, 0.29) is 6.04 Å². The number of nitrogens with two attached hydrogens (primary N) is 1. The summed E-state index contributed by atoms with van der Waals surface area (Å²) in [7, 11) is 0. The molecule has 0 aromatic heterocycles. The first-order valence-electron chi connectivity index (χ1n) is 5.23. The number of aryl methyl sites for hydroxylation is 1. The van der Waals surface area contributed by atoms with Crippen molar-refractivity contribution in [1.82, 2.24) is 0 Å². The second kappa shape index (κ2) is 3.58. The van der Waals surface area contributed by atoms with Crippen molar-refractivity contribution in [3.05, 3.63) is 41.5 Å². The van der Waals surface area contributed by atoms with Crippen molar-refractivity contribution in [2.45, 2.75) is 32.2 Å². The largest absolute Gasteiger partial charge is 0.324 e. The summed E-state index contributed by atoms with van der Waals surface area (Å²) < 4.78 is 0. The van der Waals surface area contributed by atoms with Crippen molar-refractivity contribution in [3.8, 4) is 0 Å². The Kier molecular flexibility index (Phi) is 2.42. The van der Waals surface area contributed by atoms with Crippen molar-refractivity contribution in [2.75, 3.05) is 0 Å². The van der Waals surface area contributed by atoms with Gasteiger partial charge in [-0.25, -0.2) is 0 Å². The molecule has 1 atom stereocenters. The normalized spacial score (nSPS) is 20.3. The standard InChI is InChI=1S/C13H17N/c1-9(2)11-7-3-5-10-6-4-8-12(14)13(10)11/h3,5,7,12H,1,4,6,8,14H2,2H3. The topological polar surface area (TPSA) is 26.0 Å². The highest BCUT2D eigenvalue weighted by Gasteiger charge is 2.19. The van der Waals surface area contributed by atoms with Gasteiger partial charge in [-0.15, -0.1) is 0 Å². The fourth-order valence-electron chi connectivity index (χ4n) is 2.30. The molecule has 0 radical (unpaired) electrons. The molecule has 0 saturated carbocycles. The second-order valence-electron chi connectivity index (χ2n) is 4.16. The van der Waals surface area contributed by atoms with E-state index in [0.717, 1.165) is 12.0 Å². The van der Waals surface area contributed by atoms with Gasteiger partial charge in [-0.3, -0.25) is 0 Å². The minimum atomic E-state index is 0.214. The van der Waals surface area contributed by atoms with Gasteiger partial charge in [0.1, 0.15) is 0 Å². The second-order valence-corrected chi connectivity index (χ2v) is 4.16. The van der Waals surface area contributed by atoms with E-state index in [9.17, 15) is 0 Å². The van der Waals surface area contributed by atoms with Gasteiger partial charge < -0.3 is 5.73 Å². The van der Waals surface area contributed by atoms with E-state index in [4.69, 9.17) is 5.73 Å². The first-order valence-corrected chi connectivity index (χ1v) is 5.23. The lowest BCUT2D eigenvalue weighted by Gasteiger charge is -2.25. The van der Waals surface area contributed by atoms with Gasteiger partial charge in [0.2, 0.25) is 0 Å². The first-order chi connectivity index (χ1) is 6.70. The maximum atomic E-state index is 6.14. The molecule has 2 rings (SSSR count). The van der Waals surface area contributed by atoms with Gasteiger partial charge in [-0.1, -0.05) is 30.4 Å². The molecule has 0 bridgehead atoms. The Hall–Kier alpha value is -1.08. The zero-order chi connectivity index (χ0) is 10.1. The lowest BCUT2D eigenvalue weighted by Crippen LogP contribution is -2.19. The maximum absolute atomic E-state index is 6.14. The fourth-order valence-corrected chi connectivity index (χ4v) is 2.30. The van der Waals surface area contributed by atoms with Crippen LogP contribution < -0.4 is 5.73 Å². The maximum Gasteiger partial charge on any atom is 0.0303 e. The molecule has 14 heavy (non-hydrogen) atoms. The minimum Gasteiger partial charge on any atom is -0.324 e. The first kappa shape index (κ1) is 9.47. The van der Waals surface area contributed by atoms with Gasteiger partial charge in [-0.05, 0) is 42.9 Å². The van der Waals surface area contributed by atoms with Crippen LogP contribution in [-0.2, 0) is 6.42 Å². The summed E-state index contributed by atoms with van der Waals surface area (Å²) in [5.74, 6) is 0. The van der Waals surface area contributed by atoms with Gasteiger partial charge in [0.15, 0.2) is 0 Å². The molecule has 0 amide bonds. The number of fused-ring (bicyclic) bond motifs is 1. The SMILES string of the molecule is C=C(C)c1cccc2c1C(N)CCC2. The minimum absolute atomic E-state index is 0.214. The van der Waals surface area contributed by atoms with Crippen molar-refractivity contribution < 1.29 is 0 Å². The van der Waals surface area contributed by atoms with Crippen LogP contribution in [0.3, 0.4) is 0 Å². The van der Waals surface area contributed by atoms with Gasteiger partial charge in [0, 0.05) is 6.04 Å². The molecule has 0 heterocycles. The van der Waals surface area contributed by atoms with Crippen LogP contribution in [-0.4, -0.2) is 0 Å². The summed E-state index contributed by atoms with van der Waals surface area (Å²) in [5.41, 5.74) is 11.3. The van der Waals surface area contributed by atoms with Crippen LogP contribution in [0.2, 0.25) is 0 Å². The summed E-state index contributed by atoms with van der Waals surface area (Å²) >= 11 is 0. The Labute approximate surface area is 85.6 Å². The van der Waals surface area contributed by atoms with Crippen LogP contribution in [0, 0.1) is 0 Å². The third kappa shape index (κ3) is 1.48. The van der Waals surface area contributed by atoms with Crippen LogP contribution in [0.15, 0.2) is 24.8 Å². The Balaban J connectivity index is 2.57. The van der Waals surface area contributed by atoms with Crippen molar-refractivity contribution in [1.29, 1.82) is 0 Å². The quantitative estimate of drug-likeness (QED) is 0.718. The van der Waals surface area contributed by atoms with Gasteiger partial charge in [0.05, 0.1) is 0 Å². The van der Waals surface area contributed by atoms with Crippen LogP contribution in [0.25, 0.3) is 5.57 Å². The molecule has 0 aliphatic heterocycles. The summed E-state index contributed by atoms with van der Waals surface area (Å²) in [6, 6.07) is 6.65. The molecule has 0 spiro atoms. The van der Waals surface area contributed by atoms with E-state index in [0.29, 0.717) is 0 Å². The predicted molar refractivity (Wildman–Crippen MR) is 61.0 cm³/mol. The third-order valence-corrected chi connectivity index (χ3v) is 2.99. The number of hydrogen-bond acceptors (Lipinski definition) is 1. The third-order valence-electron chi connectivity index (χ3n) is 2.99. The highest BCUT2D eigenvalue weighted by atomic mass is 14.6. The van der Waals surface area contributed by atoms with Crippen molar-refractivity contribution in [2.24, 2.45) is 5.73 Å². The average Bonchev–Trinajstić information content (AvgIpc) is 2.17. The molecule has 1 aliphatic rings. The van der Waals surface area contributed by atoms with Crippen LogP contribution in [0.1, 0.15) is 42.5 Å². The molecule has 1 heteroatoms. The molecule has 0 fully saturated rings. The lowest BCUT2D eigenvalue weighted by molar-refractivity contribution is 0.569. The zero-order valence-corrected chi connectivity index (χ0v) is 8.72. The van der Waals surface area contributed by atoms with Gasteiger partial charge >= 0.3 is 0 Å². The number of allylic oxidation sites excluding steroid dienone is 1. The summed E-state index contributed by atoms with van der Waals surface area (Å²) in [4.78, 5) is 0. The van der Waals surface area contributed by atoms with Crippen molar-refractivity contribution in [3.63, 3.8) is 0 Å². The lowest BCUT2D eigenvalue weighted by atomic mass is 9.83. The highest BCUT2D eigenvalue weighted by molar-refractivity contribution is 5.66. The van der Waals surface area contributed by atoms with E-state index >= 15 is 0 Å². The van der Waals surface area contributed by atoms with E-state index in [1.165, 1.54) is 29.5 Å². The summed E-state index contributed by atoms with van der Waals surface area (Å²) in [6.07, 6.45) is 3.50. The molecular weight excluding hydrogens is 170 g/mol. The van der Waals surface area contributed by atoms with Crippen LogP contribution in [0.4, 0.5) is 0 Å². The van der Waals surface area contributed by atoms with Crippen LogP contribution >= 0.6 is 0 Å². The summed E-state index contributed by atoms with van der Waals surface area (Å²) in [6.45, 7) is 6.06. The Bertz CT molecular complexity index is 365. The zero-order valence-electron chi connectivity index (χ0n) is 8.72. The highest BCUT2D eigenvalue weighted by Crippen LogP contribution is 2.33. The Morgan fingerprint density at radius 3 is 3.00 bits per heavy atom. The van der Waals surface area contributed by atoms with E-state index < -0.39 is 0 Å². The molecule has 1 aliphatic carbocycles. The molecule has 1 aromatic rings. The molecule has 1 nitrogen and oxygen atoms in total. The van der Waals surface area contributed by atoms with Gasteiger partial charge in [0.25, 0.3) is 0 Å². The van der Waals surface area contributed by atoms with Crippen molar-refractivity contribution >= 4 is 5.57 Å². The van der Waals surface area contributed by atoms with Crippen LogP contribution in [0.5, 0.6) is 0 Å². The molecule has 1 aromatic carbocycles. The fraction of sp³-hybridized carbons (Fsp3) is 0.385. The predicted octanol–water partition coefficient (Wildman–Crippen LogP) is 3.06. The number of rotatable bonds is 1. The molecule has 0 saturated heterocycles. The molecule has 1 unspecified atom stereocenters. The molecule has 2 N–H and O–H groups in total. The van der Waals surface area contributed by atoms with E-state index in [2.05, 4.69) is 31.7 Å². The van der Waals surface area contributed by atoms with E-state index in [1.807, 2.05) is 0 Å². The average molecular weight is 187 g/mol. The Morgan fingerprint density at radius 2 is 2.29 bits per heavy atom. The Morgan fingerprint density at radius 1 is 1.50 bits per heavy atom. The molecule has 74 valence electrons.